The van der Waals surface area contributed by atoms with E-state index < -0.39 is 0 Å². The van der Waals surface area contributed by atoms with Gasteiger partial charge in [0.15, 0.2) is 0 Å². The molecule has 5 nitrogen and oxygen atoms in total. The van der Waals surface area contributed by atoms with E-state index in [1.807, 2.05) is 48.5 Å². The number of fused-ring (bicyclic) bond motifs is 1. The Kier molecular flexibility index (Phi) is 7.94. The van der Waals surface area contributed by atoms with Crippen LogP contribution in [0.5, 0.6) is 11.5 Å². The summed E-state index contributed by atoms with van der Waals surface area (Å²) in [6, 6.07) is 24.3. The maximum Gasteiger partial charge on any atom is 0.119 e. The number of benzene rings is 3. The molecule has 0 amide bonds. The molecule has 0 radical (unpaired) electrons. The van der Waals surface area contributed by atoms with Crippen molar-refractivity contribution in [2.45, 2.75) is 26.4 Å². The molecule has 0 N–H and O–H groups in total. The van der Waals surface area contributed by atoms with Gasteiger partial charge in [0.05, 0.1) is 39.6 Å². The smallest absolute Gasteiger partial charge is 0.119 e. The van der Waals surface area contributed by atoms with Crippen LogP contribution in [0.4, 0.5) is 0 Å². The van der Waals surface area contributed by atoms with Crippen molar-refractivity contribution in [1.29, 1.82) is 0 Å². The van der Waals surface area contributed by atoms with Crippen molar-refractivity contribution in [2.75, 3.05) is 26.4 Å². The molecular formula is C26H28O5. The van der Waals surface area contributed by atoms with Crippen LogP contribution in [0.3, 0.4) is 0 Å². The molecule has 5 aliphatic rings. The summed E-state index contributed by atoms with van der Waals surface area (Å²) in [7, 11) is 0. The van der Waals surface area contributed by atoms with Crippen LogP contribution in [0.1, 0.15) is 22.3 Å². The topological polar surface area (TPSA) is 46.2 Å². The lowest BCUT2D eigenvalue weighted by Gasteiger charge is -2.10. The summed E-state index contributed by atoms with van der Waals surface area (Å²) in [4.78, 5) is 0. The summed E-state index contributed by atoms with van der Waals surface area (Å²) in [6.45, 7) is 4.37. The van der Waals surface area contributed by atoms with Crippen molar-refractivity contribution in [1.82, 2.24) is 0 Å². The van der Waals surface area contributed by atoms with E-state index in [0.717, 1.165) is 33.8 Å². The Morgan fingerprint density at radius 2 is 0.677 bits per heavy atom. The summed E-state index contributed by atoms with van der Waals surface area (Å²) in [5.41, 5.74) is 4.45. The minimum atomic E-state index is 0.526. The Morgan fingerprint density at radius 1 is 0.355 bits per heavy atom. The molecule has 0 saturated heterocycles. The maximum absolute atomic E-state index is 5.90. The first kappa shape index (κ1) is 21.4. The Hall–Kier alpha value is -2.86. The highest BCUT2D eigenvalue weighted by molar-refractivity contribution is 5.29. The highest BCUT2D eigenvalue weighted by atomic mass is 16.5. The summed E-state index contributed by atoms with van der Waals surface area (Å²) < 4.78 is 28.7. The zero-order valence-corrected chi connectivity index (χ0v) is 17.6. The second kappa shape index (κ2) is 11.5. The lowest BCUT2D eigenvalue weighted by Crippen LogP contribution is -2.09. The zero-order chi connectivity index (χ0) is 21.1. The van der Waals surface area contributed by atoms with Crippen LogP contribution in [-0.4, -0.2) is 26.4 Å². The third kappa shape index (κ3) is 7.10. The first-order chi connectivity index (χ1) is 15.3. The van der Waals surface area contributed by atoms with Gasteiger partial charge in [0.25, 0.3) is 0 Å². The molecule has 0 spiro atoms. The van der Waals surface area contributed by atoms with Crippen molar-refractivity contribution in [3.8, 4) is 11.5 Å². The highest BCUT2D eigenvalue weighted by Crippen LogP contribution is 2.17. The molecule has 162 valence electrons. The third-order valence-corrected chi connectivity index (χ3v) is 4.96. The van der Waals surface area contributed by atoms with Gasteiger partial charge >= 0.3 is 0 Å². The molecular weight excluding hydrogens is 392 g/mol. The minimum absolute atomic E-state index is 0.526. The molecule has 0 unspecified atom stereocenters. The van der Waals surface area contributed by atoms with E-state index in [0.29, 0.717) is 52.9 Å². The second-order valence-electron chi connectivity index (χ2n) is 7.40. The minimum Gasteiger partial charge on any atom is -0.489 e. The van der Waals surface area contributed by atoms with E-state index >= 15 is 0 Å². The second-order valence-corrected chi connectivity index (χ2v) is 7.40. The molecule has 8 rings (SSSR count). The summed E-state index contributed by atoms with van der Waals surface area (Å²) in [5, 5.41) is 0. The van der Waals surface area contributed by atoms with Gasteiger partial charge in [0.1, 0.15) is 24.7 Å². The average molecular weight is 421 g/mol. The van der Waals surface area contributed by atoms with Gasteiger partial charge in [-0.05, 0) is 46.5 Å². The molecule has 6 bridgehead atoms. The monoisotopic (exact) mass is 420 g/mol. The van der Waals surface area contributed by atoms with E-state index in [-0.39, 0.29) is 0 Å². The molecule has 3 aromatic rings. The fourth-order valence-electron chi connectivity index (χ4n) is 3.15. The normalized spacial score (nSPS) is 16.1. The highest BCUT2D eigenvalue weighted by Gasteiger charge is 2.02. The van der Waals surface area contributed by atoms with Crippen molar-refractivity contribution < 1.29 is 23.7 Å². The lowest BCUT2D eigenvalue weighted by molar-refractivity contribution is 0.00703. The molecule has 0 fully saturated rings. The summed E-state index contributed by atoms with van der Waals surface area (Å²) >= 11 is 0. The SMILES string of the molecule is c1cc2ccc1COCCOCCOCc1ccc(cc1)OCc1ccc(cc1)CO2. The Morgan fingerprint density at radius 3 is 1.10 bits per heavy atom. The number of ether oxygens (including phenoxy) is 5. The number of rotatable bonds is 0. The number of hydrogen-bond donors (Lipinski definition) is 0. The van der Waals surface area contributed by atoms with E-state index in [4.69, 9.17) is 23.7 Å². The maximum atomic E-state index is 5.90. The van der Waals surface area contributed by atoms with Crippen molar-refractivity contribution in [2.24, 2.45) is 0 Å². The average Bonchev–Trinajstić information content (AvgIpc) is 2.82. The van der Waals surface area contributed by atoms with Crippen LogP contribution >= 0.6 is 0 Å². The van der Waals surface area contributed by atoms with Gasteiger partial charge < -0.3 is 23.7 Å². The van der Waals surface area contributed by atoms with Crippen LogP contribution in [0.2, 0.25) is 0 Å². The molecule has 31 heavy (non-hydrogen) atoms. The van der Waals surface area contributed by atoms with Crippen molar-refractivity contribution in [3.63, 3.8) is 0 Å². The Balaban J connectivity index is 1.38. The Bertz CT molecular complexity index is 828. The van der Waals surface area contributed by atoms with Crippen LogP contribution in [0.25, 0.3) is 0 Å². The van der Waals surface area contributed by atoms with Crippen LogP contribution in [0.15, 0.2) is 72.8 Å². The van der Waals surface area contributed by atoms with E-state index in [9.17, 15) is 0 Å². The van der Waals surface area contributed by atoms with Crippen molar-refractivity contribution in [3.05, 3.63) is 95.1 Å². The first-order valence-corrected chi connectivity index (χ1v) is 10.6. The van der Waals surface area contributed by atoms with Crippen LogP contribution in [-0.2, 0) is 40.6 Å². The van der Waals surface area contributed by atoms with Gasteiger partial charge in [-0.2, -0.15) is 0 Å². The molecule has 0 atom stereocenters. The van der Waals surface area contributed by atoms with Crippen LogP contribution < -0.4 is 9.47 Å². The summed E-state index contributed by atoms with van der Waals surface area (Å²) in [6.07, 6.45) is 0. The predicted molar refractivity (Wildman–Crippen MR) is 118 cm³/mol. The lowest BCUT2D eigenvalue weighted by atomic mass is 10.1. The van der Waals surface area contributed by atoms with Gasteiger partial charge in [-0.1, -0.05) is 48.5 Å². The van der Waals surface area contributed by atoms with Gasteiger partial charge in [-0.15, -0.1) is 0 Å². The fourth-order valence-corrected chi connectivity index (χ4v) is 3.15. The van der Waals surface area contributed by atoms with Gasteiger partial charge in [-0.3, -0.25) is 0 Å². The van der Waals surface area contributed by atoms with E-state index in [1.165, 1.54) is 0 Å². The Labute approximate surface area is 183 Å². The van der Waals surface area contributed by atoms with Crippen LogP contribution in [0, 0.1) is 0 Å². The molecule has 0 saturated carbocycles. The molecule has 0 aromatic heterocycles. The zero-order valence-electron chi connectivity index (χ0n) is 17.6. The van der Waals surface area contributed by atoms with Gasteiger partial charge in [0.2, 0.25) is 0 Å². The van der Waals surface area contributed by atoms with E-state index in [2.05, 4.69) is 24.3 Å². The van der Waals surface area contributed by atoms with Crippen molar-refractivity contribution >= 4 is 0 Å². The fraction of sp³-hybridized carbons (Fsp3) is 0.308. The summed E-state index contributed by atoms with van der Waals surface area (Å²) in [5.74, 6) is 1.68. The molecule has 5 heterocycles. The van der Waals surface area contributed by atoms with Gasteiger partial charge in [-0.25, -0.2) is 0 Å². The first-order valence-electron chi connectivity index (χ1n) is 10.6. The third-order valence-electron chi connectivity index (χ3n) is 4.96. The molecule has 3 aromatic carbocycles. The molecule has 5 heteroatoms. The van der Waals surface area contributed by atoms with E-state index in [1.54, 1.807) is 0 Å². The molecule has 0 aliphatic carbocycles. The number of hydrogen-bond acceptors (Lipinski definition) is 5. The predicted octanol–water partition coefficient (Wildman–Crippen LogP) is 4.91. The largest absolute Gasteiger partial charge is 0.489 e. The molecule has 5 aliphatic heterocycles. The standard InChI is InChI=1S/C26H28O5/c1-2-24-4-3-23(1)19-30-25-9-5-21(6-10-25)17-28-15-13-27-14-16-29-18-22-7-11-26(12-8-22)31-20-24/h1-12H,13-20H2. The van der Waals surface area contributed by atoms with Gasteiger partial charge in [0, 0.05) is 0 Å². The quantitative estimate of drug-likeness (QED) is 0.517.